The second-order valence-electron chi connectivity index (χ2n) is 3.00. The first kappa shape index (κ1) is 10.4. The molecule has 0 aliphatic carbocycles. The molecule has 0 aliphatic heterocycles. The van der Waals surface area contributed by atoms with Gasteiger partial charge in [-0.15, -0.1) is 0 Å². The largest absolute Gasteiger partial charge is 0.390 e. The molecule has 0 fully saturated rings. The van der Waals surface area contributed by atoms with Gasteiger partial charge >= 0.3 is 5.82 Å². The Balaban J connectivity index is 3.14. The van der Waals surface area contributed by atoms with Crippen molar-refractivity contribution in [1.82, 2.24) is 9.78 Å². The first-order valence-electron chi connectivity index (χ1n) is 4.29. The predicted octanol–water partition coefficient (Wildman–Crippen LogP) is 1.57. The van der Waals surface area contributed by atoms with Crippen LogP contribution in [0.2, 0.25) is 0 Å². The van der Waals surface area contributed by atoms with Gasteiger partial charge in [0.15, 0.2) is 6.29 Å². The van der Waals surface area contributed by atoms with Crippen molar-refractivity contribution in [3.05, 3.63) is 21.9 Å². The maximum Gasteiger partial charge on any atom is 0.390 e. The normalized spacial score (nSPS) is 12.4. The van der Waals surface area contributed by atoms with Crippen molar-refractivity contribution in [3.63, 3.8) is 0 Å². The van der Waals surface area contributed by atoms with Crippen LogP contribution in [-0.4, -0.2) is 21.0 Å². The number of aldehydes is 1. The van der Waals surface area contributed by atoms with Crippen LogP contribution < -0.4 is 0 Å². The van der Waals surface area contributed by atoms with E-state index in [1.807, 2.05) is 13.8 Å². The van der Waals surface area contributed by atoms with Gasteiger partial charge in [-0.3, -0.25) is 4.79 Å². The smallest absolute Gasteiger partial charge is 0.358 e. The maximum absolute atomic E-state index is 10.6. The molecule has 0 saturated carbocycles. The summed E-state index contributed by atoms with van der Waals surface area (Å²) in [6.07, 6.45) is 1.34. The summed E-state index contributed by atoms with van der Waals surface area (Å²) in [4.78, 5) is 20.4. The fourth-order valence-electron chi connectivity index (χ4n) is 1.10. The molecule has 6 heteroatoms. The van der Waals surface area contributed by atoms with Crippen LogP contribution in [0.3, 0.4) is 0 Å². The van der Waals surface area contributed by atoms with Crippen LogP contribution in [0, 0.1) is 10.1 Å². The van der Waals surface area contributed by atoms with Crippen molar-refractivity contribution in [3.8, 4) is 0 Å². The number of rotatable bonds is 4. The third-order valence-corrected chi connectivity index (χ3v) is 2.07. The Hall–Kier alpha value is -1.72. The van der Waals surface area contributed by atoms with Crippen molar-refractivity contribution in [2.75, 3.05) is 0 Å². The molecule has 0 bridgehead atoms. The van der Waals surface area contributed by atoms with Gasteiger partial charge in [0.25, 0.3) is 0 Å². The molecular formula is C8H11N3O3. The average Bonchev–Trinajstić information content (AvgIpc) is 2.60. The summed E-state index contributed by atoms with van der Waals surface area (Å²) >= 11 is 0. The summed E-state index contributed by atoms with van der Waals surface area (Å²) in [6.45, 7) is 3.77. The zero-order chi connectivity index (χ0) is 10.7. The molecule has 0 spiro atoms. The van der Waals surface area contributed by atoms with Gasteiger partial charge in [-0.05, 0) is 18.3 Å². The predicted molar refractivity (Wildman–Crippen MR) is 49.3 cm³/mol. The van der Waals surface area contributed by atoms with E-state index in [1.54, 1.807) is 0 Å². The molecular weight excluding hydrogens is 186 g/mol. The van der Waals surface area contributed by atoms with Gasteiger partial charge in [0.1, 0.15) is 5.69 Å². The third-order valence-electron chi connectivity index (χ3n) is 2.07. The Labute approximate surface area is 80.7 Å². The zero-order valence-electron chi connectivity index (χ0n) is 8.01. The molecule has 0 amide bonds. The minimum atomic E-state index is -0.605. The van der Waals surface area contributed by atoms with Crippen LogP contribution >= 0.6 is 0 Å². The molecule has 14 heavy (non-hydrogen) atoms. The Bertz CT molecular complexity index is 359. The molecule has 0 radical (unpaired) electrons. The van der Waals surface area contributed by atoms with Gasteiger partial charge in [-0.25, -0.2) is 0 Å². The molecule has 0 aromatic carbocycles. The van der Waals surface area contributed by atoms with E-state index in [9.17, 15) is 14.9 Å². The molecule has 0 saturated heterocycles. The molecule has 0 aliphatic rings. The lowest BCUT2D eigenvalue weighted by Gasteiger charge is -2.04. The van der Waals surface area contributed by atoms with Crippen LogP contribution in [0.15, 0.2) is 6.07 Å². The number of hydrogen-bond acceptors (Lipinski definition) is 4. The van der Waals surface area contributed by atoms with E-state index >= 15 is 0 Å². The van der Waals surface area contributed by atoms with Crippen molar-refractivity contribution in [1.29, 1.82) is 0 Å². The molecule has 1 aromatic heterocycles. The van der Waals surface area contributed by atoms with Crippen LogP contribution in [0.1, 0.15) is 36.8 Å². The molecule has 0 N–H and O–H groups in total. The number of hydrogen-bond donors (Lipinski definition) is 0. The van der Waals surface area contributed by atoms with Crippen LogP contribution in [0.4, 0.5) is 5.82 Å². The highest BCUT2D eigenvalue weighted by atomic mass is 16.6. The van der Waals surface area contributed by atoms with Gasteiger partial charge in [0.2, 0.25) is 0 Å². The van der Waals surface area contributed by atoms with Gasteiger partial charge in [-0.1, -0.05) is 6.92 Å². The summed E-state index contributed by atoms with van der Waals surface area (Å²) in [5, 5.41) is 14.1. The van der Waals surface area contributed by atoms with Crippen molar-refractivity contribution in [2.24, 2.45) is 0 Å². The Morgan fingerprint density at radius 1 is 1.79 bits per heavy atom. The molecule has 76 valence electrons. The van der Waals surface area contributed by atoms with E-state index in [0.717, 1.165) is 6.42 Å². The van der Waals surface area contributed by atoms with E-state index in [4.69, 9.17) is 0 Å². The molecule has 1 atom stereocenters. The Morgan fingerprint density at radius 2 is 2.43 bits per heavy atom. The second kappa shape index (κ2) is 3.99. The Morgan fingerprint density at radius 3 is 2.86 bits per heavy atom. The Kier molecular flexibility index (Phi) is 2.95. The molecule has 1 unspecified atom stereocenters. The zero-order valence-corrected chi connectivity index (χ0v) is 8.01. The minimum Gasteiger partial charge on any atom is -0.358 e. The molecule has 6 nitrogen and oxygen atoms in total. The first-order chi connectivity index (χ1) is 6.60. The molecule has 1 aromatic rings. The SMILES string of the molecule is CCC(C)n1nc([N+](=O)[O-])cc1C=O. The van der Waals surface area contributed by atoms with Gasteiger partial charge < -0.3 is 10.1 Å². The lowest BCUT2D eigenvalue weighted by molar-refractivity contribution is -0.389. The van der Waals surface area contributed by atoms with E-state index in [-0.39, 0.29) is 17.6 Å². The lowest BCUT2D eigenvalue weighted by Crippen LogP contribution is -2.09. The number of carbonyl (C=O) groups is 1. The minimum absolute atomic E-state index is 0.0103. The van der Waals surface area contributed by atoms with Crippen LogP contribution in [0.5, 0.6) is 0 Å². The quantitative estimate of drug-likeness (QED) is 0.417. The lowest BCUT2D eigenvalue weighted by atomic mass is 10.2. The first-order valence-corrected chi connectivity index (χ1v) is 4.29. The molecule has 1 rings (SSSR count). The van der Waals surface area contributed by atoms with E-state index < -0.39 is 4.92 Å². The maximum atomic E-state index is 10.6. The van der Waals surface area contributed by atoms with E-state index in [1.165, 1.54) is 10.7 Å². The monoisotopic (exact) mass is 197 g/mol. The highest BCUT2D eigenvalue weighted by Crippen LogP contribution is 2.17. The highest BCUT2D eigenvalue weighted by molar-refractivity contribution is 5.73. The molecule has 1 heterocycles. The van der Waals surface area contributed by atoms with Gasteiger partial charge in [0, 0.05) is 0 Å². The summed E-state index contributed by atoms with van der Waals surface area (Å²) in [6, 6.07) is 1.17. The topological polar surface area (TPSA) is 78.0 Å². The summed E-state index contributed by atoms with van der Waals surface area (Å²) < 4.78 is 1.38. The third kappa shape index (κ3) is 1.78. The second-order valence-corrected chi connectivity index (χ2v) is 3.00. The van der Waals surface area contributed by atoms with Gasteiger partial charge in [-0.2, -0.15) is 4.68 Å². The summed E-state index contributed by atoms with van der Waals surface area (Å²) in [5.74, 6) is -0.285. The van der Waals surface area contributed by atoms with Gasteiger partial charge in [0.05, 0.1) is 17.2 Å². The summed E-state index contributed by atoms with van der Waals surface area (Å²) in [7, 11) is 0. The van der Waals surface area contributed by atoms with Crippen molar-refractivity contribution >= 4 is 12.1 Å². The van der Waals surface area contributed by atoms with Crippen LogP contribution in [0.25, 0.3) is 0 Å². The number of aromatic nitrogens is 2. The fraction of sp³-hybridized carbons (Fsp3) is 0.500. The average molecular weight is 197 g/mol. The number of carbonyl (C=O) groups excluding carboxylic acids is 1. The summed E-state index contributed by atoms with van der Waals surface area (Å²) in [5.41, 5.74) is 0.242. The van der Waals surface area contributed by atoms with E-state index in [2.05, 4.69) is 5.10 Å². The van der Waals surface area contributed by atoms with E-state index in [0.29, 0.717) is 6.29 Å². The highest BCUT2D eigenvalue weighted by Gasteiger charge is 2.20. The van der Waals surface area contributed by atoms with Crippen LogP contribution in [-0.2, 0) is 0 Å². The van der Waals surface area contributed by atoms with Crippen molar-refractivity contribution in [2.45, 2.75) is 26.3 Å². The van der Waals surface area contributed by atoms with Crippen molar-refractivity contribution < 1.29 is 9.72 Å². The fourth-order valence-corrected chi connectivity index (χ4v) is 1.10. The standard InChI is InChI=1S/C8H11N3O3/c1-3-6(2)10-7(5-12)4-8(9-10)11(13)14/h4-6H,3H2,1-2H3. The number of nitrogens with zero attached hydrogens (tertiary/aromatic N) is 3. The number of nitro groups is 1.